The van der Waals surface area contributed by atoms with Crippen LogP contribution in [-0.2, 0) is 33.0 Å². The first kappa shape index (κ1) is 47.2. The molecule has 1 aromatic rings. The highest BCUT2D eigenvalue weighted by Crippen LogP contribution is 2.41. The number of amides is 1. The second kappa shape index (κ2) is 19.5. The van der Waals surface area contributed by atoms with E-state index in [1.54, 1.807) is 69.5 Å². The molecule has 2 N–H and O–H groups in total. The fraction of sp³-hybridized carbons (Fsp3) is 0.659. The molecule has 0 radical (unpaired) electrons. The monoisotopic (exact) mass is 801 g/mol. The van der Waals surface area contributed by atoms with Crippen molar-refractivity contribution in [3.05, 3.63) is 71.8 Å². The van der Waals surface area contributed by atoms with E-state index in [1.807, 2.05) is 26.8 Å². The van der Waals surface area contributed by atoms with Crippen LogP contribution in [0, 0.1) is 11.8 Å². The molecule has 0 saturated carbocycles. The van der Waals surface area contributed by atoms with Crippen molar-refractivity contribution >= 4 is 26.2 Å². The summed E-state index contributed by atoms with van der Waals surface area (Å²) < 4.78 is 47.1. The molecule has 0 aliphatic carbocycles. The minimum atomic E-state index is -2.34. The summed E-state index contributed by atoms with van der Waals surface area (Å²) in [7, 11) is -0.694. The first-order valence-corrected chi connectivity index (χ1v) is 22.9. The van der Waals surface area contributed by atoms with Crippen molar-refractivity contribution in [2.75, 3.05) is 7.11 Å². The summed E-state index contributed by atoms with van der Waals surface area (Å²) in [5.41, 5.74) is -2.46. The van der Waals surface area contributed by atoms with Gasteiger partial charge in [-0.25, -0.2) is 4.39 Å². The summed E-state index contributed by atoms with van der Waals surface area (Å²) in [6.45, 7) is 22.6. The Morgan fingerprint density at radius 2 is 1.77 bits per heavy atom. The Morgan fingerprint density at radius 1 is 1.12 bits per heavy atom. The van der Waals surface area contributed by atoms with Crippen LogP contribution in [0.15, 0.2) is 66.3 Å². The third-order valence-electron chi connectivity index (χ3n) is 11.7. The smallest absolute Gasteiger partial charge is 0.308 e. The molecule has 314 valence electrons. The quantitative estimate of drug-likeness (QED) is 0.0628. The van der Waals surface area contributed by atoms with Crippen LogP contribution in [0.2, 0.25) is 18.1 Å². The maximum absolute atomic E-state index is 16.9. The molecule has 10 nitrogen and oxygen atoms in total. The molecule has 1 saturated heterocycles. The Labute approximate surface area is 335 Å². The number of carbonyl (C=O) groups is 3. The Bertz CT molecular complexity index is 1560. The fourth-order valence-electron chi connectivity index (χ4n) is 7.05. The molecule has 56 heavy (non-hydrogen) atoms. The summed E-state index contributed by atoms with van der Waals surface area (Å²) >= 11 is 0. The number of carbonyl (C=O) groups excluding carboxylic acids is 3. The lowest BCUT2D eigenvalue weighted by Crippen LogP contribution is -2.52. The predicted molar refractivity (Wildman–Crippen MR) is 219 cm³/mol. The normalized spacial score (nSPS) is 29.6. The van der Waals surface area contributed by atoms with E-state index in [-0.39, 0.29) is 36.0 Å². The number of alkyl halides is 1. The van der Waals surface area contributed by atoms with Gasteiger partial charge in [0.05, 0.1) is 30.8 Å². The molecule has 1 fully saturated rings. The molecule has 2 aliphatic rings. The summed E-state index contributed by atoms with van der Waals surface area (Å²) in [5, 5.41) is 14.4. The molecular formula is C44H68FNO9Si. The van der Waals surface area contributed by atoms with Gasteiger partial charge in [0.25, 0.3) is 5.91 Å². The maximum atomic E-state index is 16.9. The molecule has 12 heteroatoms. The number of allylic oxidation sites excluding steroid dienone is 2. The van der Waals surface area contributed by atoms with Crippen LogP contribution in [0.4, 0.5) is 4.39 Å². The van der Waals surface area contributed by atoms with Crippen molar-refractivity contribution < 1.29 is 47.3 Å². The topological polar surface area (TPSA) is 133 Å². The van der Waals surface area contributed by atoms with E-state index in [2.05, 4.69) is 39.2 Å². The number of rotatable bonds is 14. The number of halogens is 1. The van der Waals surface area contributed by atoms with E-state index in [1.165, 1.54) is 19.9 Å². The Balaban J connectivity index is 1.96. The van der Waals surface area contributed by atoms with Gasteiger partial charge in [-0.3, -0.25) is 14.4 Å². The largest absolute Gasteiger partial charge is 0.457 e. The van der Waals surface area contributed by atoms with Crippen molar-refractivity contribution in [1.29, 1.82) is 0 Å². The molecule has 1 amide bonds. The van der Waals surface area contributed by atoms with E-state index in [0.717, 1.165) is 6.42 Å². The minimum absolute atomic E-state index is 0.0330. The zero-order chi connectivity index (χ0) is 42.2. The summed E-state index contributed by atoms with van der Waals surface area (Å²) in [5.74, 6) is -1.87. The van der Waals surface area contributed by atoms with Crippen molar-refractivity contribution in [3.63, 3.8) is 0 Å². The van der Waals surface area contributed by atoms with Crippen molar-refractivity contribution in [2.45, 2.75) is 167 Å². The molecule has 2 heterocycles. The second-order valence-electron chi connectivity index (χ2n) is 17.6. The average Bonchev–Trinajstić information content (AvgIpc) is 3.90. The highest BCUT2D eigenvalue weighted by Gasteiger charge is 2.55. The van der Waals surface area contributed by atoms with Gasteiger partial charge in [0.15, 0.2) is 8.32 Å². The lowest BCUT2D eigenvalue weighted by molar-refractivity contribution is -0.157. The SMILES string of the molecule is CC[C@H](OC)[C@@H](C)[C@H]1O[C@@H]1C(NC(=O)c1ccccc1)C(C)(F)C=CC=C(C)C1OC(=O)C[C@H](O[Si](C)(C)C(C)(C)C)CC[C@@](C)(O)[C@@H](OC(C)=O)C=C[C@@H]1C. The molecule has 11 atom stereocenters. The van der Waals surface area contributed by atoms with Gasteiger partial charge >= 0.3 is 11.9 Å². The lowest BCUT2D eigenvalue weighted by Gasteiger charge is -2.40. The van der Waals surface area contributed by atoms with E-state index >= 15 is 4.39 Å². The van der Waals surface area contributed by atoms with Crippen LogP contribution >= 0.6 is 0 Å². The number of hydrogen-bond acceptors (Lipinski definition) is 9. The highest BCUT2D eigenvalue weighted by atomic mass is 28.4. The first-order valence-electron chi connectivity index (χ1n) is 20.0. The number of epoxide rings is 1. The predicted octanol–water partition coefficient (Wildman–Crippen LogP) is 8.21. The number of nitrogens with one attached hydrogen (secondary N) is 1. The molecular weight excluding hydrogens is 734 g/mol. The molecule has 2 aliphatic heterocycles. The summed E-state index contributed by atoms with van der Waals surface area (Å²) in [4.78, 5) is 39.1. The number of ether oxygens (including phenoxy) is 4. The molecule has 0 spiro atoms. The van der Waals surface area contributed by atoms with Gasteiger partial charge in [0, 0.05) is 31.4 Å². The zero-order valence-corrected chi connectivity index (χ0v) is 36.9. The van der Waals surface area contributed by atoms with E-state index in [9.17, 15) is 19.5 Å². The van der Waals surface area contributed by atoms with Crippen molar-refractivity contribution in [1.82, 2.24) is 5.32 Å². The summed E-state index contributed by atoms with van der Waals surface area (Å²) in [6.07, 6.45) is 6.05. The van der Waals surface area contributed by atoms with Crippen LogP contribution in [0.5, 0.6) is 0 Å². The van der Waals surface area contributed by atoms with Gasteiger partial charge in [-0.15, -0.1) is 0 Å². The van der Waals surface area contributed by atoms with Crippen LogP contribution in [0.1, 0.15) is 105 Å². The number of cyclic esters (lactones) is 1. The number of benzene rings is 1. The highest BCUT2D eigenvalue weighted by molar-refractivity contribution is 6.74. The van der Waals surface area contributed by atoms with Crippen LogP contribution in [0.25, 0.3) is 0 Å². The number of aliphatic hydroxyl groups is 1. The second-order valence-corrected chi connectivity index (χ2v) is 22.4. The third kappa shape index (κ3) is 12.9. The van der Waals surface area contributed by atoms with Crippen molar-refractivity contribution in [3.8, 4) is 0 Å². The van der Waals surface area contributed by atoms with Gasteiger partial charge in [-0.1, -0.05) is 78.0 Å². The van der Waals surface area contributed by atoms with Gasteiger partial charge in [-0.2, -0.15) is 0 Å². The molecule has 3 unspecified atom stereocenters. The molecule has 0 aromatic heterocycles. The van der Waals surface area contributed by atoms with E-state index in [4.69, 9.17) is 23.4 Å². The molecule has 3 rings (SSSR count). The van der Waals surface area contributed by atoms with Crippen LogP contribution in [-0.4, -0.2) is 92.3 Å². The Hall–Kier alpha value is -3.16. The van der Waals surface area contributed by atoms with Gasteiger partial charge in [0.1, 0.15) is 29.6 Å². The third-order valence-corrected chi connectivity index (χ3v) is 16.3. The van der Waals surface area contributed by atoms with Crippen LogP contribution in [0.3, 0.4) is 0 Å². The molecule has 1 aromatic carbocycles. The van der Waals surface area contributed by atoms with Gasteiger partial charge in [-0.05, 0) is 88.0 Å². The zero-order valence-electron chi connectivity index (χ0n) is 35.9. The van der Waals surface area contributed by atoms with Gasteiger partial charge < -0.3 is 33.8 Å². The number of hydrogen-bond donors (Lipinski definition) is 2. The lowest BCUT2D eigenvalue weighted by atomic mass is 9.87. The maximum Gasteiger partial charge on any atom is 0.308 e. The van der Waals surface area contributed by atoms with Crippen LogP contribution < -0.4 is 5.32 Å². The Morgan fingerprint density at radius 3 is 2.34 bits per heavy atom. The average molecular weight is 802 g/mol. The van der Waals surface area contributed by atoms with Crippen molar-refractivity contribution in [2.24, 2.45) is 11.8 Å². The standard InChI is InChI=1S/C44H68FNO9Si/c1-14-34(51-11)30(4)38-39(54-38)40(46-41(49)32-20-16-15-17-21-32)43(9,45)25-18-19-28(2)37-29(3)22-23-35(52-31(5)47)44(10,50)26-24-33(27-36(48)53-37)55-56(12,13)42(6,7)8/h15-23,25,29-30,33-35,37-40,50H,14,24,26-27H2,1-13H3,(H,46,49)/t29-,30+,33+,34-,35-,37?,38+,39-,40?,43?,44+/m0/s1. The van der Waals surface area contributed by atoms with E-state index in [0.29, 0.717) is 17.6 Å². The summed E-state index contributed by atoms with van der Waals surface area (Å²) in [6, 6.07) is 7.63. The molecule has 0 bridgehead atoms. The van der Waals surface area contributed by atoms with E-state index < -0.39 is 73.8 Å². The number of esters is 2. The number of methoxy groups -OCH3 is 1. The minimum Gasteiger partial charge on any atom is -0.457 e. The Kier molecular flexibility index (Phi) is 16.5. The van der Waals surface area contributed by atoms with Gasteiger partial charge in [0.2, 0.25) is 0 Å². The fourth-order valence-corrected chi connectivity index (χ4v) is 8.44. The first-order chi connectivity index (χ1) is 25.9.